The molecule has 1 aromatic rings. The maximum absolute atomic E-state index is 12.0. The van der Waals surface area contributed by atoms with Crippen LogP contribution in [0, 0.1) is 12.8 Å². The molecule has 1 aliphatic carbocycles. The van der Waals surface area contributed by atoms with Gasteiger partial charge in [-0.25, -0.2) is 0 Å². The number of carbonyl (C=O) groups excluding carboxylic acids is 1. The molecule has 0 amide bonds. The fourth-order valence-electron chi connectivity index (χ4n) is 2.24. The minimum absolute atomic E-state index is 0.159. The molecule has 2 rings (SSSR count). The first-order valence-corrected chi connectivity index (χ1v) is 6.72. The van der Waals surface area contributed by atoms with Crippen LogP contribution in [0.5, 0.6) is 0 Å². The van der Waals surface area contributed by atoms with Crippen molar-refractivity contribution in [2.24, 2.45) is 5.92 Å². The quantitative estimate of drug-likeness (QED) is 0.805. The zero-order valence-electron chi connectivity index (χ0n) is 10.8. The molecule has 0 bridgehead atoms. The average Bonchev–Trinajstić information content (AvgIpc) is 2.36. The lowest BCUT2D eigenvalue weighted by Gasteiger charge is -2.19. The minimum atomic E-state index is 0.159. The molecule has 0 unspecified atom stereocenters. The number of benzene rings is 1. The van der Waals surface area contributed by atoms with Crippen LogP contribution in [0.4, 0.5) is 5.69 Å². The molecule has 0 radical (unpaired) electrons. The first-order chi connectivity index (χ1) is 8.59. The Morgan fingerprint density at radius 3 is 3.00 bits per heavy atom. The van der Waals surface area contributed by atoms with Gasteiger partial charge in [0.15, 0.2) is 5.78 Å². The van der Waals surface area contributed by atoms with Crippen molar-refractivity contribution >= 4 is 23.1 Å². The van der Waals surface area contributed by atoms with Gasteiger partial charge in [0.05, 0.1) is 0 Å². The number of ketones is 1. The van der Waals surface area contributed by atoms with Gasteiger partial charge in [0.25, 0.3) is 0 Å². The second-order valence-electron chi connectivity index (χ2n) is 4.88. The van der Waals surface area contributed by atoms with Gasteiger partial charge in [0.1, 0.15) is 0 Å². The minimum Gasteiger partial charge on any atom is -0.361 e. The second kappa shape index (κ2) is 5.57. The van der Waals surface area contributed by atoms with Crippen molar-refractivity contribution in [3.63, 3.8) is 0 Å². The van der Waals surface area contributed by atoms with E-state index in [1.807, 2.05) is 38.2 Å². The van der Waals surface area contributed by atoms with E-state index in [0.717, 1.165) is 41.1 Å². The van der Waals surface area contributed by atoms with Crippen molar-refractivity contribution in [1.82, 2.24) is 0 Å². The van der Waals surface area contributed by atoms with Crippen molar-refractivity contribution in [1.29, 1.82) is 0 Å². The third-order valence-corrected chi connectivity index (χ3v) is 3.93. The summed E-state index contributed by atoms with van der Waals surface area (Å²) < 4.78 is 0. The molecule has 1 saturated carbocycles. The molecule has 0 aromatic heterocycles. The van der Waals surface area contributed by atoms with E-state index in [2.05, 4.69) is 5.32 Å². The Balaban J connectivity index is 2.15. The molecule has 1 fully saturated rings. The molecular formula is C15H18ClNO. The van der Waals surface area contributed by atoms with Crippen molar-refractivity contribution in [3.05, 3.63) is 40.6 Å². The number of anilines is 1. The lowest BCUT2D eigenvalue weighted by Crippen LogP contribution is -2.19. The number of hydrogen-bond acceptors (Lipinski definition) is 2. The van der Waals surface area contributed by atoms with Gasteiger partial charge in [-0.05, 0) is 43.9 Å². The van der Waals surface area contributed by atoms with Crippen molar-refractivity contribution in [2.75, 3.05) is 5.32 Å². The number of hydrogen-bond donors (Lipinski definition) is 1. The van der Waals surface area contributed by atoms with Gasteiger partial charge in [0, 0.05) is 28.4 Å². The highest BCUT2D eigenvalue weighted by molar-refractivity contribution is 6.31. The van der Waals surface area contributed by atoms with E-state index in [4.69, 9.17) is 11.6 Å². The van der Waals surface area contributed by atoms with Crippen molar-refractivity contribution in [3.8, 4) is 0 Å². The molecule has 3 heteroatoms. The smallest absolute Gasteiger partial charge is 0.163 e. The second-order valence-corrected chi connectivity index (χ2v) is 5.29. The van der Waals surface area contributed by atoms with Gasteiger partial charge < -0.3 is 5.32 Å². The largest absolute Gasteiger partial charge is 0.361 e. The van der Waals surface area contributed by atoms with Crippen LogP contribution in [0.25, 0.3) is 0 Å². The van der Waals surface area contributed by atoms with E-state index in [1.165, 1.54) is 0 Å². The molecule has 18 heavy (non-hydrogen) atoms. The van der Waals surface area contributed by atoms with Gasteiger partial charge in [-0.15, -0.1) is 0 Å². The third-order valence-electron chi connectivity index (χ3n) is 3.52. The van der Waals surface area contributed by atoms with E-state index in [9.17, 15) is 4.79 Å². The Kier molecular flexibility index (Phi) is 4.07. The highest BCUT2D eigenvalue weighted by atomic mass is 35.5. The Morgan fingerprint density at radius 1 is 1.44 bits per heavy atom. The Morgan fingerprint density at radius 2 is 2.22 bits per heavy atom. The summed E-state index contributed by atoms with van der Waals surface area (Å²) in [6.45, 7) is 3.97. The number of Topliss-reactive ketones (excluding diaryl/α,β-unsaturated/α-hetero) is 1. The number of halogens is 1. The Labute approximate surface area is 113 Å². The zero-order valence-corrected chi connectivity index (χ0v) is 11.6. The van der Waals surface area contributed by atoms with Gasteiger partial charge in [-0.1, -0.05) is 24.6 Å². The van der Waals surface area contributed by atoms with Crippen LogP contribution in [0.1, 0.15) is 31.7 Å². The molecule has 0 aliphatic heterocycles. The summed E-state index contributed by atoms with van der Waals surface area (Å²) in [5, 5.41) is 3.94. The molecule has 1 atom stereocenters. The maximum Gasteiger partial charge on any atom is 0.163 e. The van der Waals surface area contributed by atoms with Crippen LogP contribution in [0.15, 0.2) is 30.0 Å². The lowest BCUT2D eigenvalue weighted by atomic mass is 9.86. The molecule has 1 N–H and O–H groups in total. The number of carbonyl (C=O) groups is 1. The fourth-order valence-corrected chi connectivity index (χ4v) is 2.42. The number of nitrogens with one attached hydrogen (secondary N) is 1. The molecule has 0 spiro atoms. The van der Waals surface area contributed by atoms with Crippen LogP contribution in [0.3, 0.4) is 0 Å². The number of rotatable bonds is 2. The molecule has 2 nitrogen and oxygen atoms in total. The lowest BCUT2D eigenvalue weighted by molar-refractivity contribution is -0.119. The summed E-state index contributed by atoms with van der Waals surface area (Å²) in [4.78, 5) is 12.0. The van der Waals surface area contributed by atoms with E-state index in [1.54, 1.807) is 0 Å². The fraction of sp³-hybridized carbons (Fsp3) is 0.400. The third kappa shape index (κ3) is 2.75. The highest BCUT2D eigenvalue weighted by Crippen LogP contribution is 2.26. The van der Waals surface area contributed by atoms with Gasteiger partial charge in [-0.3, -0.25) is 4.79 Å². The summed E-state index contributed by atoms with van der Waals surface area (Å²) in [6, 6.07) is 5.74. The SMILES string of the molecule is Cc1c(Cl)cccc1N/C=C1/CCC[C@@H](C)C1=O. The topological polar surface area (TPSA) is 29.1 Å². The van der Waals surface area contributed by atoms with E-state index < -0.39 is 0 Å². The van der Waals surface area contributed by atoms with Crippen LogP contribution in [-0.2, 0) is 4.79 Å². The standard InChI is InChI=1S/C15H18ClNO/c1-10-5-3-6-12(15(10)18)9-17-14-8-4-7-13(16)11(14)2/h4,7-10,17H,3,5-6H2,1-2H3/b12-9-/t10-/m1/s1. The molecule has 1 aromatic carbocycles. The highest BCUT2D eigenvalue weighted by Gasteiger charge is 2.22. The Bertz CT molecular complexity index is 493. The number of allylic oxidation sites excluding steroid dienone is 1. The molecule has 0 saturated heterocycles. The van der Waals surface area contributed by atoms with Crippen molar-refractivity contribution < 1.29 is 4.79 Å². The predicted molar refractivity (Wildman–Crippen MR) is 75.9 cm³/mol. The summed E-state index contributed by atoms with van der Waals surface area (Å²) in [5.41, 5.74) is 2.86. The molecule has 96 valence electrons. The van der Waals surface area contributed by atoms with Crippen LogP contribution in [0.2, 0.25) is 5.02 Å². The van der Waals surface area contributed by atoms with Crippen LogP contribution in [-0.4, -0.2) is 5.78 Å². The predicted octanol–water partition coefficient (Wildman–Crippen LogP) is 4.33. The van der Waals surface area contributed by atoms with Crippen molar-refractivity contribution in [2.45, 2.75) is 33.1 Å². The first kappa shape index (κ1) is 13.2. The van der Waals surface area contributed by atoms with Crippen LogP contribution >= 0.6 is 11.6 Å². The van der Waals surface area contributed by atoms with Gasteiger partial charge >= 0.3 is 0 Å². The van der Waals surface area contributed by atoms with E-state index >= 15 is 0 Å². The summed E-state index contributed by atoms with van der Waals surface area (Å²) >= 11 is 6.06. The summed E-state index contributed by atoms with van der Waals surface area (Å²) in [5.74, 6) is 0.431. The monoisotopic (exact) mass is 263 g/mol. The molecule has 1 aliphatic rings. The average molecular weight is 264 g/mol. The normalized spacial score (nSPS) is 22.3. The molecule has 0 heterocycles. The maximum atomic E-state index is 12.0. The van der Waals surface area contributed by atoms with Crippen LogP contribution < -0.4 is 5.32 Å². The Hall–Kier alpha value is -1.28. The zero-order chi connectivity index (χ0) is 13.1. The van der Waals surface area contributed by atoms with Gasteiger partial charge in [0.2, 0.25) is 0 Å². The van der Waals surface area contributed by atoms with E-state index in [0.29, 0.717) is 0 Å². The summed E-state index contributed by atoms with van der Waals surface area (Å²) in [6.07, 6.45) is 4.81. The summed E-state index contributed by atoms with van der Waals surface area (Å²) in [7, 11) is 0. The molecular weight excluding hydrogens is 246 g/mol. The van der Waals surface area contributed by atoms with E-state index in [-0.39, 0.29) is 11.7 Å². The first-order valence-electron chi connectivity index (χ1n) is 6.34. The van der Waals surface area contributed by atoms with Gasteiger partial charge in [-0.2, -0.15) is 0 Å².